The molecule has 0 amide bonds. The van der Waals surface area contributed by atoms with E-state index in [1.165, 1.54) is 5.75 Å². The van der Waals surface area contributed by atoms with Crippen LogP contribution in [-0.4, -0.2) is 35.6 Å². The maximum Gasteiger partial charge on any atom is 0.134 e. The molecule has 0 saturated carbocycles. The van der Waals surface area contributed by atoms with Crippen LogP contribution in [0.3, 0.4) is 0 Å². The first-order chi connectivity index (χ1) is 7.83. The van der Waals surface area contributed by atoms with Gasteiger partial charge in [-0.2, -0.15) is 11.8 Å². The number of nitrogens with zero attached hydrogens (tertiary/aromatic N) is 2. The van der Waals surface area contributed by atoms with Crippen molar-refractivity contribution in [3.63, 3.8) is 0 Å². The molecule has 1 aromatic heterocycles. The molecule has 0 aliphatic carbocycles. The number of rotatable bonds is 7. The highest BCUT2D eigenvalue weighted by Gasteiger charge is 2.07. The first kappa shape index (κ1) is 13.1. The van der Waals surface area contributed by atoms with E-state index in [2.05, 4.69) is 33.8 Å². The molecule has 0 fully saturated rings. The molecule has 5 heteroatoms. The molecule has 0 spiro atoms. The van der Waals surface area contributed by atoms with E-state index in [0.29, 0.717) is 0 Å². The highest BCUT2D eigenvalue weighted by Crippen LogP contribution is 2.19. The van der Waals surface area contributed by atoms with Crippen molar-refractivity contribution in [3.05, 3.63) is 11.9 Å². The lowest BCUT2D eigenvalue weighted by atomic mass is 10.2. The minimum Gasteiger partial charge on any atom is -0.373 e. The molecule has 0 aliphatic heterocycles. The van der Waals surface area contributed by atoms with Gasteiger partial charge in [0.05, 0.1) is 0 Å². The van der Waals surface area contributed by atoms with Gasteiger partial charge < -0.3 is 10.6 Å². The highest BCUT2D eigenvalue weighted by molar-refractivity contribution is 7.98. The first-order valence-corrected chi connectivity index (χ1v) is 6.97. The summed E-state index contributed by atoms with van der Waals surface area (Å²) in [6, 6.07) is 0. The van der Waals surface area contributed by atoms with Crippen LogP contribution in [0.2, 0.25) is 0 Å². The van der Waals surface area contributed by atoms with E-state index in [-0.39, 0.29) is 0 Å². The summed E-state index contributed by atoms with van der Waals surface area (Å²) in [6.07, 6.45) is 5.81. The van der Waals surface area contributed by atoms with Crippen molar-refractivity contribution in [1.82, 2.24) is 9.97 Å². The zero-order valence-corrected chi connectivity index (χ0v) is 11.0. The molecule has 1 rings (SSSR count). The van der Waals surface area contributed by atoms with E-state index in [9.17, 15) is 0 Å². The van der Waals surface area contributed by atoms with Crippen LogP contribution in [0.1, 0.15) is 18.9 Å². The van der Waals surface area contributed by atoms with Crippen molar-refractivity contribution in [1.29, 1.82) is 0 Å². The summed E-state index contributed by atoms with van der Waals surface area (Å²) in [4.78, 5) is 8.49. The maximum absolute atomic E-state index is 4.29. The summed E-state index contributed by atoms with van der Waals surface area (Å²) >= 11 is 1.87. The quantitative estimate of drug-likeness (QED) is 0.716. The molecule has 0 aromatic carbocycles. The van der Waals surface area contributed by atoms with Crippen LogP contribution in [0, 0.1) is 0 Å². The van der Waals surface area contributed by atoms with E-state index in [1.807, 2.05) is 18.8 Å². The molecule has 1 aromatic rings. The SMILES string of the molecule is CCc1c(NC)ncnc1NCCCSC. The van der Waals surface area contributed by atoms with Crippen LogP contribution < -0.4 is 10.6 Å². The second kappa shape index (κ2) is 7.33. The molecule has 0 saturated heterocycles. The third-order valence-corrected chi connectivity index (χ3v) is 3.05. The standard InChI is InChI=1S/C11H20N4S/c1-4-9-10(12-2)14-8-15-11(9)13-6-5-7-16-3/h8H,4-7H2,1-3H3,(H2,12,13,14,15). The van der Waals surface area contributed by atoms with E-state index < -0.39 is 0 Å². The number of hydrogen-bond acceptors (Lipinski definition) is 5. The van der Waals surface area contributed by atoms with Crippen molar-refractivity contribution in [2.24, 2.45) is 0 Å². The zero-order chi connectivity index (χ0) is 11.8. The second-order valence-electron chi connectivity index (χ2n) is 3.43. The van der Waals surface area contributed by atoms with Gasteiger partial charge in [0.15, 0.2) is 0 Å². The van der Waals surface area contributed by atoms with Gasteiger partial charge in [0.2, 0.25) is 0 Å². The number of anilines is 2. The summed E-state index contributed by atoms with van der Waals surface area (Å²) in [7, 11) is 1.89. The summed E-state index contributed by atoms with van der Waals surface area (Å²) in [6.45, 7) is 3.08. The predicted molar refractivity (Wildman–Crippen MR) is 72.4 cm³/mol. The van der Waals surface area contributed by atoms with Crippen molar-refractivity contribution < 1.29 is 0 Å². The minimum atomic E-state index is 0.921. The second-order valence-corrected chi connectivity index (χ2v) is 4.41. The number of thioether (sulfide) groups is 1. The fourth-order valence-corrected chi connectivity index (χ4v) is 1.97. The molecule has 0 bridgehead atoms. The molecule has 4 nitrogen and oxygen atoms in total. The van der Waals surface area contributed by atoms with Gasteiger partial charge in [-0.1, -0.05) is 6.92 Å². The molecular weight excluding hydrogens is 220 g/mol. The molecular formula is C11H20N4S. The van der Waals surface area contributed by atoms with Crippen LogP contribution in [0.5, 0.6) is 0 Å². The van der Waals surface area contributed by atoms with Gasteiger partial charge in [0, 0.05) is 19.2 Å². The van der Waals surface area contributed by atoms with Gasteiger partial charge in [-0.25, -0.2) is 9.97 Å². The van der Waals surface area contributed by atoms with Crippen LogP contribution >= 0.6 is 11.8 Å². The third kappa shape index (κ3) is 3.56. The molecule has 2 N–H and O–H groups in total. The van der Waals surface area contributed by atoms with Crippen LogP contribution in [0.15, 0.2) is 6.33 Å². The molecule has 0 radical (unpaired) electrons. The summed E-state index contributed by atoms with van der Waals surface area (Å²) in [5, 5.41) is 6.46. The van der Waals surface area contributed by atoms with E-state index >= 15 is 0 Å². The Hall–Kier alpha value is -0.970. The Morgan fingerprint density at radius 3 is 2.69 bits per heavy atom. The first-order valence-electron chi connectivity index (χ1n) is 5.57. The fraction of sp³-hybridized carbons (Fsp3) is 0.636. The maximum atomic E-state index is 4.29. The van der Waals surface area contributed by atoms with E-state index in [4.69, 9.17) is 0 Å². The Bertz CT molecular complexity index is 317. The largest absolute Gasteiger partial charge is 0.373 e. The lowest BCUT2D eigenvalue weighted by molar-refractivity contribution is 0.957. The molecule has 0 atom stereocenters. The normalized spacial score (nSPS) is 10.2. The van der Waals surface area contributed by atoms with Crippen LogP contribution in [-0.2, 0) is 6.42 Å². The van der Waals surface area contributed by atoms with Gasteiger partial charge in [0.25, 0.3) is 0 Å². The topological polar surface area (TPSA) is 49.8 Å². The Morgan fingerprint density at radius 1 is 1.31 bits per heavy atom. The Kier molecular flexibility index (Phi) is 6.00. The van der Waals surface area contributed by atoms with E-state index in [1.54, 1.807) is 6.33 Å². The number of aromatic nitrogens is 2. The van der Waals surface area contributed by atoms with Gasteiger partial charge in [-0.3, -0.25) is 0 Å². The average molecular weight is 240 g/mol. The molecule has 1 heterocycles. The molecule has 0 aliphatic rings. The zero-order valence-electron chi connectivity index (χ0n) is 10.2. The molecule has 0 unspecified atom stereocenters. The van der Waals surface area contributed by atoms with Crippen LogP contribution in [0.4, 0.5) is 11.6 Å². The third-order valence-electron chi connectivity index (χ3n) is 2.35. The van der Waals surface area contributed by atoms with Gasteiger partial charge >= 0.3 is 0 Å². The van der Waals surface area contributed by atoms with E-state index in [0.717, 1.165) is 36.6 Å². The highest BCUT2D eigenvalue weighted by atomic mass is 32.2. The Labute approximate surface area is 102 Å². The predicted octanol–water partition coefficient (Wildman–Crippen LogP) is 2.25. The Balaban J connectivity index is 2.63. The average Bonchev–Trinajstić information content (AvgIpc) is 2.34. The van der Waals surface area contributed by atoms with Crippen molar-refractivity contribution in [2.45, 2.75) is 19.8 Å². The monoisotopic (exact) mass is 240 g/mol. The Morgan fingerprint density at radius 2 is 2.06 bits per heavy atom. The van der Waals surface area contributed by atoms with Gasteiger partial charge in [-0.05, 0) is 24.9 Å². The lowest BCUT2D eigenvalue weighted by Crippen LogP contribution is -2.09. The fourth-order valence-electron chi connectivity index (χ4n) is 1.54. The summed E-state index contributed by atoms with van der Waals surface area (Å²) in [5.74, 6) is 3.06. The summed E-state index contributed by atoms with van der Waals surface area (Å²) < 4.78 is 0. The molecule has 16 heavy (non-hydrogen) atoms. The van der Waals surface area contributed by atoms with Crippen molar-refractivity contribution >= 4 is 23.4 Å². The summed E-state index contributed by atoms with van der Waals surface area (Å²) in [5.41, 5.74) is 1.16. The number of hydrogen-bond donors (Lipinski definition) is 2. The van der Waals surface area contributed by atoms with Gasteiger partial charge in [-0.15, -0.1) is 0 Å². The van der Waals surface area contributed by atoms with Gasteiger partial charge in [0.1, 0.15) is 18.0 Å². The smallest absolute Gasteiger partial charge is 0.134 e. The molecule has 90 valence electrons. The van der Waals surface area contributed by atoms with Crippen molar-refractivity contribution in [3.8, 4) is 0 Å². The van der Waals surface area contributed by atoms with Crippen molar-refractivity contribution in [2.75, 3.05) is 36.2 Å². The number of nitrogens with one attached hydrogen (secondary N) is 2. The minimum absolute atomic E-state index is 0.921. The van der Waals surface area contributed by atoms with Crippen LogP contribution in [0.25, 0.3) is 0 Å². The lowest BCUT2D eigenvalue weighted by Gasteiger charge is -2.12.